The summed E-state index contributed by atoms with van der Waals surface area (Å²) in [5, 5.41) is 14.6. The molecule has 0 aromatic heterocycles. The largest absolute Gasteiger partial charge is 0.338 e. The number of nitrogens with one attached hydrogen (secondary N) is 2. The molecule has 7 heteroatoms. The lowest BCUT2D eigenvalue weighted by atomic mass is 9.94. The highest BCUT2D eigenvalue weighted by molar-refractivity contribution is 7.80. The van der Waals surface area contributed by atoms with E-state index in [2.05, 4.69) is 10.2 Å². The summed E-state index contributed by atoms with van der Waals surface area (Å²) in [6, 6.07) is 7.24. The first-order valence-corrected chi connectivity index (χ1v) is 9.19. The molecular formula is C17H25N4O2S+. The molecule has 0 radical (unpaired) electrons. The molecule has 1 aromatic carbocycles. The molecule has 1 aromatic rings. The third-order valence-electron chi connectivity index (χ3n) is 5.20. The van der Waals surface area contributed by atoms with Crippen LogP contribution in [-0.4, -0.2) is 47.2 Å². The van der Waals surface area contributed by atoms with Crippen LogP contribution in [0.15, 0.2) is 24.3 Å². The Balaban J connectivity index is 1.48. The molecule has 1 aliphatic heterocycles. The molecule has 3 rings (SSSR count). The Hall–Kier alpha value is -1.73. The van der Waals surface area contributed by atoms with E-state index >= 15 is 0 Å². The Morgan fingerprint density at radius 3 is 2.38 bits per heavy atom. The van der Waals surface area contributed by atoms with E-state index < -0.39 is 4.92 Å². The SMILES string of the molecule is O=[N+]([O-])c1ccc(NC(=S)N2CC[NH+](C3CCCCC3)CC2)cc1. The van der Waals surface area contributed by atoms with Gasteiger partial charge in [0.25, 0.3) is 5.69 Å². The molecule has 1 heterocycles. The first-order valence-electron chi connectivity index (χ1n) is 8.78. The molecule has 1 saturated carbocycles. The molecule has 0 amide bonds. The zero-order valence-corrected chi connectivity index (χ0v) is 14.7. The van der Waals surface area contributed by atoms with Crippen LogP contribution < -0.4 is 10.2 Å². The van der Waals surface area contributed by atoms with Gasteiger partial charge in [0, 0.05) is 17.8 Å². The van der Waals surface area contributed by atoms with Crippen LogP contribution in [0.25, 0.3) is 0 Å². The van der Waals surface area contributed by atoms with Gasteiger partial charge in [-0.2, -0.15) is 0 Å². The molecule has 24 heavy (non-hydrogen) atoms. The van der Waals surface area contributed by atoms with E-state index in [-0.39, 0.29) is 5.69 Å². The minimum absolute atomic E-state index is 0.0937. The molecule has 0 unspecified atom stereocenters. The van der Waals surface area contributed by atoms with Gasteiger partial charge in [-0.05, 0) is 50.0 Å². The molecule has 2 aliphatic rings. The van der Waals surface area contributed by atoms with E-state index in [1.54, 1.807) is 17.0 Å². The summed E-state index contributed by atoms with van der Waals surface area (Å²) in [4.78, 5) is 14.2. The lowest BCUT2D eigenvalue weighted by molar-refractivity contribution is -0.930. The van der Waals surface area contributed by atoms with Crippen molar-refractivity contribution in [3.63, 3.8) is 0 Å². The number of benzene rings is 1. The van der Waals surface area contributed by atoms with Gasteiger partial charge < -0.3 is 15.1 Å². The summed E-state index contributed by atoms with van der Waals surface area (Å²) in [5.41, 5.74) is 0.892. The molecule has 0 bridgehead atoms. The molecule has 2 fully saturated rings. The van der Waals surface area contributed by atoms with Crippen LogP contribution in [0.2, 0.25) is 0 Å². The Morgan fingerprint density at radius 1 is 1.17 bits per heavy atom. The fourth-order valence-electron chi connectivity index (χ4n) is 3.79. The molecule has 6 nitrogen and oxygen atoms in total. The molecular weight excluding hydrogens is 324 g/mol. The van der Waals surface area contributed by atoms with Gasteiger partial charge in [0.1, 0.15) is 0 Å². The van der Waals surface area contributed by atoms with Gasteiger partial charge in [0.2, 0.25) is 0 Å². The Bertz CT molecular complexity index is 579. The second kappa shape index (κ2) is 7.90. The highest BCUT2D eigenvalue weighted by atomic mass is 32.1. The van der Waals surface area contributed by atoms with Gasteiger partial charge in [-0.3, -0.25) is 10.1 Å². The third kappa shape index (κ3) is 4.21. The van der Waals surface area contributed by atoms with Gasteiger partial charge in [0.15, 0.2) is 5.11 Å². The topological polar surface area (TPSA) is 62.9 Å². The second-order valence-electron chi connectivity index (χ2n) is 6.71. The van der Waals surface area contributed by atoms with Crippen molar-refractivity contribution in [3.8, 4) is 0 Å². The predicted octanol–water partition coefficient (Wildman–Crippen LogP) is 1.82. The summed E-state index contributed by atoms with van der Waals surface area (Å²) >= 11 is 5.51. The maximum Gasteiger partial charge on any atom is 0.269 e. The zero-order valence-electron chi connectivity index (χ0n) is 13.9. The minimum atomic E-state index is -0.393. The summed E-state index contributed by atoms with van der Waals surface area (Å²) < 4.78 is 0. The summed E-state index contributed by atoms with van der Waals surface area (Å²) in [7, 11) is 0. The van der Waals surface area contributed by atoms with Crippen molar-refractivity contribution >= 4 is 28.7 Å². The average Bonchev–Trinajstić information content (AvgIpc) is 2.63. The molecule has 1 saturated heterocycles. The number of hydrogen-bond acceptors (Lipinski definition) is 3. The van der Waals surface area contributed by atoms with Crippen LogP contribution in [0.3, 0.4) is 0 Å². The van der Waals surface area contributed by atoms with Crippen LogP contribution in [0.5, 0.6) is 0 Å². The van der Waals surface area contributed by atoms with Crippen LogP contribution >= 0.6 is 12.2 Å². The number of nitro benzene ring substituents is 1. The van der Waals surface area contributed by atoms with E-state index in [4.69, 9.17) is 12.2 Å². The van der Waals surface area contributed by atoms with E-state index in [0.29, 0.717) is 5.11 Å². The van der Waals surface area contributed by atoms with Gasteiger partial charge in [-0.1, -0.05) is 6.42 Å². The van der Waals surface area contributed by atoms with Crippen molar-refractivity contribution in [1.82, 2.24) is 4.90 Å². The van der Waals surface area contributed by atoms with Gasteiger partial charge >= 0.3 is 0 Å². The number of nitrogens with zero attached hydrogens (tertiary/aromatic N) is 2. The quantitative estimate of drug-likeness (QED) is 0.495. The number of nitro groups is 1. The minimum Gasteiger partial charge on any atom is -0.338 e. The molecule has 0 atom stereocenters. The van der Waals surface area contributed by atoms with Gasteiger partial charge in [-0.25, -0.2) is 0 Å². The van der Waals surface area contributed by atoms with E-state index in [1.807, 2.05) is 0 Å². The average molecular weight is 349 g/mol. The number of non-ortho nitro benzene ring substituents is 1. The van der Waals surface area contributed by atoms with Crippen molar-refractivity contribution in [3.05, 3.63) is 34.4 Å². The maximum absolute atomic E-state index is 10.7. The number of hydrogen-bond donors (Lipinski definition) is 2. The maximum atomic E-state index is 10.7. The molecule has 130 valence electrons. The third-order valence-corrected chi connectivity index (χ3v) is 5.57. The number of thiocarbonyl (C=S) groups is 1. The fourth-order valence-corrected chi connectivity index (χ4v) is 4.09. The van der Waals surface area contributed by atoms with Crippen molar-refractivity contribution < 1.29 is 9.82 Å². The summed E-state index contributed by atoms with van der Waals surface area (Å²) in [6.45, 7) is 4.24. The monoisotopic (exact) mass is 349 g/mol. The van der Waals surface area contributed by atoms with E-state index in [0.717, 1.165) is 37.9 Å². The highest BCUT2D eigenvalue weighted by Crippen LogP contribution is 2.17. The molecule has 0 spiro atoms. The van der Waals surface area contributed by atoms with Gasteiger partial charge in [0.05, 0.1) is 37.1 Å². The summed E-state index contributed by atoms with van der Waals surface area (Å²) in [6.07, 6.45) is 6.93. The van der Waals surface area contributed by atoms with Crippen LogP contribution in [0.4, 0.5) is 11.4 Å². The Labute approximate surface area is 148 Å². The standard InChI is InChI=1S/C17H24N4O2S/c22-21(23)16-8-6-14(7-9-16)18-17(24)20-12-10-19(11-13-20)15-4-2-1-3-5-15/h6-9,15H,1-5,10-13H2,(H,18,24)/p+1. The molecule has 2 N–H and O–H groups in total. The van der Waals surface area contributed by atoms with Crippen LogP contribution in [0, 0.1) is 10.1 Å². The fraction of sp³-hybridized carbons (Fsp3) is 0.588. The number of piperazine rings is 1. The Kier molecular flexibility index (Phi) is 5.63. The van der Waals surface area contributed by atoms with Crippen molar-refractivity contribution in [2.24, 2.45) is 0 Å². The lowest BCUT2D eigenvalue weighted by Crippen LogP contribution is -3.18. The first-order chi connectivity index (χ1) is 11.6. The molecule has 1 aliphatic carbocycles. The normalized spacial score (nSPS) is 19.9. The lowest BCUT2D eigenvalue weighted by Gasteiger charge is -2.38. The Morgan fingerprint density at radius 2 is 1.79 bits per heavy atom. The van der Waals surface area contributed by atoms with E-state index in [1.165, 1.54) is 44.2 Å². The second-order valence-corrected chi connectivity index (χ2v) is 7.10. The smallest absolute Gasteiger partial charge is 0.269 e. The van der Waals surface area contributed by atoms with Crippen molar-refractivity contribution in [2.45, 2.75) is 38.1 Å². The number of rotatable bonds is 3. The van der Waals surface area contributed by atoms with E-state index in [9.17, 15) is 10.1 Å². The van der Waals surface area contributed by atoms with Crippen molar-refractivity contribution in [2.75, 3.05) is 31.5 Å². The number of anilines is 1. The number of quaternary nitrogens is 1. The van der Waals surface area contributed by atoms with Crippen LogP contribution in [-0.2, 0) is 0 Å². The highest BCUT2D eigenvalue weighted by Gasteiger charge is 2.29. The van der Waals surface area contributed by atoms with Gasteiger partial charge in [-0.15, -0.1) is 0 Å². The predicted molar refractivity (Wildman–Crippen MR) is 98.5 cm³/mol. The zero-order chi connectivity index (χ0) is 16.9. The van der Waals surface area contributed by atoms with Crippen LogP contribution in [0.1, 0.15) is 32.1 Å². The van der Waals surface area contributed by atoms with Crippen molar-refractivity contribution in [1.29, 1.82) is 0 Å². The first kappa shape index (κ1) is 17.1. The summed E-state index contributed by atoms with van der Waals surface area (Å²) in [5.74, 6) is 0.